The molecule has 8 bridgehead atoms. The third-order valence-electron chi connectivity index (χ3n) is 10.2. The number of fused-ring (bicyclic) bond motifs is 8. The number of allylic oxidation sites excluding steroid dienone is 4. The van der Waals surface area contributed by atoms with Gasteiger partial charge < -0.3 is 19.4 Å². The maximum Gasteiger partial charge on any atom is 0.305 e. The van der Waals surface area contributed by atoms with Gasteiger partial charge in [-0.05, 0) is 147 Å². The van der Waals surface area contributed by atoms with Gasteiger partial charge in [-0.2, -0.15) is 0 Å². The number of nitrogens with zero attached hydrogens (tertiary/aromatic N) is 2. The Balaban J connectivity index is 1.54. The zero-order valence-electron chi connectivity index (χ0n) is 27.6. The molecule has 2 fully saturated rings. The molecule has 0 aromatic carbocycles. The van der Waals surface area contributed by atoms with Crippen molar-refractivity contribution in [3.63, 3.8) is 0 Å². The summed E-state index contributed by atoms with van der Waals surface area (Å²) in [7, 11) is 2.84. The fraction of sp³-hybridized carbons (Fsp3) is 0.421. The standard InChI is InChI=1S/C38H42N4O4/c1-19-25(11-13-35(43)45-5)31-18-32-26(12-14-36(44)46-6)20(2)28(40-32)16-33-38(24-9-10-24)22(4)30(42-33)17-34-37(23-7-8-23)21(3)29(41-34)15-27(19)39-31/h15-18,23-24,41-42H,7-14H2,1-6H3. The summed E-state index contributed by atoms with van der Waals surface area (Å²) in [5, 5.41) is 0. The number of methoxy groups -OCH3 is 2. The molecule has 2 N–H and O–H groups in total. The van der Waals surface area contributed by atoms with Crippen LogP contribution in [0.1, 0.15) is 122 Å². The van der Waals surface area contributed by atoms with E-state index in [0.717, 1.165) is 67.1 Å². The Morgan fingerprint density at radius 1 is 0.630 bits per heavy atom. The fourth-order valence-corrected chi connectivity index (χ4v) is 7.23. The molecule has 5 heterocycles. The van der Waals surface area contributed by atoms with Crippen LogP contribution in [0.15, 0.2) is 24.3 Å². The number of ether oxygens (including phenoxy) is 2. The lowest BCUT2D eigenvalue weighted by atomic mass is 9.98. The van der Waals surface area contributed by atoms with Gasteiger partial charge in [0.15, 0.2) is 0 Å². The molecule has 238 valence electrons. The molecule has 2 saturated carbocycles. The SMILES string of the molecule is COC(=O)CCC1=C(C)c2cc3[nH]c(cc4[nH]c(cc5nc(cc1n2)C(CCC(=O)OC)=C5C)c(C1CC1)c4C)c(C1CC1)c3C. The number of hydrogen-bond acceptors (Lipinski definition) is 6. The highest BCUT2D eigenvalue weighted by Crippen LogP contribution is 2.47. The Morgan fingerprint density at radius 3 is 1.48 bits per heavy atom. The number of hydrogen-bond donors (Lipinski definition) is 2. The monoisotopic (exact) mass is 618 g/mol. The van der Waals surface area contributed by atoms with Crippen molar-refractivity contribution >= 4 is 56.3 Å². The molecular formula is C38H42N4O4. The van der Waals surface area contributed by atoms with Crippen LogP contribution in [0.2, 0.25) is 0 Å². The lowest BCUT2D eigenvalue weighted by Crippen LogP contribution is -2.01. The number of H-pyrrole nitrogens is 2. The van der Waals surface area contributed by atoms with Crippen molar-refractivity contribution in [2.45, 2.75) is 90.9 Å². The maximum atomic E-state index is 12.2. The van der Waals surface area contributed by atoms with E-state index in [2.05, 4.69) is 55.9 Å². The summed E-state index contributed by atoms with van der Waals surface area (Å²) in [6.45, 7) is 8.62. The second-order valence-corrected chi connectivity index (χ2v) is 13.2. The largest absolute Gasteiger partial charge is 0.469 e. The molecule has 2 aliphatic carbocycles. The van der Waals surface area contributed by atoms with E-state index in [1.165, 1.54) is 62.2 Å². The molecule has 0 saturated heterocycles. The quantitative estimate of drug-likeness (QED) is 0.245. The van der Waals surface area contributed by atoms with Crippen molar-refractivity contribution in [1.29, 1.82) is 0 Å². The van der Waals surface area contributed by atoms with E-state index < -0.39 is 0 Å². The minimum Gasteiger partial charge on any atom is -0.469 e. The number of carbonyl (C=O) groups excluding carboxylic acids is 2. The summed E-state index contributed by atoms with van der Waals surface area (Å²) in [6, 6.07) is 8.67. The number of aromatic nitrogens is 4. The molecule has 46 heavy (non-hydrogen) atoms. The van der Waals surface area contributed by atoms with Crippen molar-refractivity contribution < 1.29 is 19.1 Å². The summed E-state index contributed by atoms with van der Waals surface area (Å²) < 4.78 is 9.97. The van der Waals surface area contributed by atoms with Crippen LogP contribution in [0, 0.1) is 13.8 Å². The summed E-state index contributed by atoms with van der Waals surface area (Å²) in [6.07, 6.45) is 6.35. The number of aromatic amines is 2. The zero-order valence-corrected chi connectivity index (χ0v) is 27.6. The minimum atomic E-state index is -0.255. The molecule has 0 amide bonds. The van der Waals surface area contributed by atoms with Gasteiger partial charge in [0.2, 0.25) is 0 Å². The first-order valence-electron chi connectivity index (χ1n) is 16.5. The second kappa shape index (κ2) is 11.7. The maximum absolute atomic E-state index is 12.2. The van der Waals surface area contributed by atoms with Crippen LogP contribution >= 0.6 is 0 Å². The first kappa shape index (κ1) is 30.2. The Kier molecular flexibility index (Phi) is 7.70. The first-order chi connectivity index (χ1) is 22.2. The Bertz CT molecular complexity index is 2020. The van der Waals surface area contributed by atoms with E-state index in [1.54, 1.807) is 0 Å². The van der Waals surface area contributed by atoms with Gasteiger partial charge in [0.1, 0.15) is 0 Å². The highest BCUT2D eigenvalue weighted by Gasteiger charge is 2.31. The average Bonchev–Trinajstić information content (AvgIpc) is 3.95. The molecule has 3 aromatic heterocycles. The Morgan fingerprint density at radius 2 is 1.04 bits per heavy atom. The van der Waals surface area contributed by atoms with Gasteiger partial charge in [-0.3, -0.25) is 9.59 Å². The van der Waals surface area contributed by atoms with Gasteiger partial charge >= 0.3 is 11.9 Å². The van der Waals surface area contributed by atoms with Gasteiger partial charge in [-0.1, -0.05) is 0 Å². The Labute approximate surface area is 269 Å². The third-order valence-corrected chi connectivity index (χ3v) is 10.2. The molecule has 0 atom stereocenters. The number of aryl methyl sites for hydroxylation is 2. The normalized spacial score (nSPS) is 16.3. The van der Waals surface area contributed by atoms with Crippen molar-refractivity contribution in [2.24, 2.45) is 0 Å². The fourth-order valence-electron chi connectivity index (χ4n) is 7.23. The lowest BCUT2D eigenvalue weighted by molar-refractivity contribution is -0.141. The van der Waals surface area contributed by atoms with Crippen LogP contribution in [0.5, 0.6) is 0 Å². The number of esters is 2. The van der Waals surface area contributed by atoms with Gasteiger partial charge in [0.25, 0.3) is 0 Å². The average molecular weight is 619 g/mol. The molecule has 0 unspecified atom stereocenters. The molecular weight excluding hydrogens is 576 g/mol. The number of rotatable bonds is 8. The van der Waals surface area contributed by atoms with Crippen molar-refractivity contribution in [3.05, 3.63) is 69.3 Å². The smallest absolute Gasteiger partial charge is 0.305 e. The van der Waals surface area contributed by atoms with Crippen LogP contribution in [0.4, 0.5) is 0 Å². The predicted octanol–water partition coefficient (Wildman–Crippen LogP) is 8.45. The second-order valence-electron chi connectivity index (χ2n) is 13.2. The minimum absolute atomic E-state index is 0.254. The Hall–Kier alpha value is -4.46. The van der Waals surface area contributed by atoms with E-state index in [1.807, 2.05) is 6.07 Å². The third kappa shape index (κ3) is 5.48. The van der Waals surface area contributed by atoms with E-state index in [0.29, 0.717) is 24.7 Å². The molecule has 0 spiro atoms. The molecule has 7 rings (SSSR count). The van der Waals surface area contributed by atoms with Crippen LogP contribution in [0.25, 0.3) is 44.4 Å². The van der Waals surface area contributed by atoms with Crippen LogP contribution in [-0.4, -0.2) is 46.1 Å². The highest BCUT2D eigenvalue weighted by atomic mass is 16.5. The van der Waals surface area contributed by atoms with E-state index in [9.17, 15) is 9.59 Å². The van der Waals surface area contributed by atoms with E-state index in [4.69, 9.17) is 19.4 Å². The van der Waals surface area contributed by atoms with E-state index in [-0.39, 0.29) is 24.8 Å². The summed E-state index contributed by atoms with van der Waals surface area (Å²) >= 11 is 0. The highest BCUT2D eigenvalue weighted by molar-refractivity contribution is 5.96. The van der Waals surface area contributed by atoms with Crippen LogP contribution < -0.4 is 0 Å². The van der Waals surface area contributed by atoms with E-state index >= 15 is 0 Å². The van der Waals surface area contributed by atoms with Crippen molar-refractivity contribution in [1.82, 2.24) is 19.9 Å². The van der Waals surface area contributed by atoms with Gasteiger partial charge in [0.05, 0.1) is 37.0 Å². The summed E-state index contributed by atoms with van der Waals surface area (Å²) in [5.74, 6) is 0.614. The summed E-state index contributed by atoms with van der Waals surface area (Å²) in [5.41, 5.74) is 17.2. The van der Waals surface area contributed by atoms with Crippen LogP contribution in [-0.2, 0) is 19.1 Å². The molecule has 3 aromatic rings. The molecule has 0 radical (unpaired) electrons. The molecule has 8 heteroatoms. The van der Waals surface area contributed by atoms with Crippen LogP contribution in [0.3, 0.4) is 0 Å². The van der Waals surface area contributed by atoms with Crippen molar-refractivity contribution in [2.75, 3.05) is 14.2 Å². The summed E-state index contributed by atoms with van der Waals surface area (Å²) in [4.78, 5) is 42.4. The van der Waals surface area contributed by atoms with Gasteiger partial charge in [0, 0.05) is 34.9 Å². The van der Waals surface area contributed by atoms with Crippen molar-refractivity contribution in [3.8, 4) is 0 Å². The topological polar surface area (TPSA) is 110 Å². The number of nitrogens with one attached hydrogen (secondary N) is 2. The molecule has 4 aliphatic rings. The lowest BCUT2D eigenvalue weighted by Gasteiger charge is -2.06. The predicted molar refractivity (Wildman–Crippen MR) is 182 cm³/mol. The van der Waals surface area contributed by atoms with Gasteiger partial charge in [-0.25, -0.2) is 9.97 Å². The zero-order chi connectivity index (χ0) is 32.3. The number of carbonyl (C=O) groups is 2. The van der Waals surface area contributed by atoms with Gasteiger partial charge in [-0.15, -0.1) is 0 Å². The molecule has 8 nitrogen and oxygen atoms in total. The molecule has 2 aliphatic heterocycles. The first-order valence-corrected chi connectivity index (χ1v) is 16.5.